The van der Waals surface area contributed by atoms with Crippen LogP contribution >= 0.6 is 0 Å². The van der Waals surface area contributed by atoms with Crippen LogP contribution in [0.2, 0.25) is 0 Å². The Kier molecular flexibility index (Phi) is 5.31. The summed E-state index contributed by atoms with van der Waals surface area (Å²) < 4.78 is 11.7. The first-order valence-electron chi connectivity index (χ1n) is 5.49. The lowest BCUT2D eigenvalue weighted by Gasteiger charge is -2.07. The highest BCUT2D eigenvalue weighted by molar-refractivity contribution is 7.84. The Labute approximate surface area is 104 Å². The van der Waals surface area contributed by atoms with Gasteiger partial charge >= 0.3 is 0 Å². The van der Waals surface area contributed by atoms with E-state index in [4.69, 9.17) is 11.5 Å². The van der Waals surface area contributed by atoms with E-state index in [2.05, 4.69) is 0 Å². The summed E-state index contributed by atoms with van der Waals surface area (Å²) in [5.41, 5.74) is 13.0. The predicted octanol–water partition coefficient (Wildman–Crippen LogP) is 0.691. The zero-order valence-corrected chi connectivity index (χ0v) is 10.8. The van der Waals surface area contributed by atoms with Crippen molar-refractivity contribution in [1.29, 1.82) is 0 Å². The van der Waals surface area contributed by atoms with Gasteiger partial charge in [0.25, 0.3) is 0 Å². The summed E-state index contributed by atoms with van der Waals surface area (Å²) in [7, 11) is -0.895. The van der Waals surface area contributed by atoms with Gasteiger partial charge in [-0.05, 0) is 43.1 Å². The molecule has 1 aromatic carbocycles. The number of carbonyl (C=O) groups excluding carboxylic acids is 1. The van der Waals surface area contributed by atoms with Crippen LogP contribution in [0.3, 0.4) is 0 Å². The van der Waals surface area contributed by atoms with Gasteiger partial charge in [0.2, 0.25) is 5.91 Å². The van der Waals surface area contributed by atoms with Crippen LogP contribution in [0.1, 0.15) is 27.9 Å². The standard InChI is InChI=1S/C12H18N2O2S/c1-9-7-10(12(14)15)3-4-11(9)8-17(16)6-2-5-13/h3-4,7H,2,5-6,8,13H2,1H3,(H2,14,15). The zero-order chi connectivity index (χ0) is 12.8. The van der Waals surface area contributed by atoms with Crippen molar-refractivity contribution in [1.82, 2.24) is 0 Å². The zero-order valence-electron chi connectivity index (χ0n) is 9.94. The van der Waals surface area contributed by atoms with Crippen molar-refractivity contribution in [2.24, 2.45) is 11.5 Å². The highest BCUT2D eigenvalue weighted by Crippen LogP contribution is 2.13. The second-order valence-electron chi connectivity index (χ2n) is 3.94. The van der Waals surface area contributed by atoms with Crippen LogP contribution in [0.25, 0.3) is 0 Å². The van der Waals surface area contributed by atoms with Crippen LogP contribution in [0, 0.1) is 6.92 Å². The van der Waals surface area contributed by atoms with Gasteiger partial charge in [-0.2, -0.15) is 0 Å². The molecule has 0 aliphatic carbocycles. The number of nitrogens with two attached hydrogens (primary N) is 2. The fraction of sp³-hybridized carbons (Fsp3) is 0.417. The van der Waals surface area contributed by atoms with Gasteiger partial charge in [0.05, 0.1) is 0 Å². The van der Waals surface area contributed by atoms with Crippen molar-refractivity contribution < 1.29 is 9.00 Å². The molecule has 1 amide bonds. The van der Waals surface area contributed by atoms with Crippen LogP contribution in [0.5, 0.6) is 0 Å². The number of hydrogen-bond donors (Lipinski definition) is 2. The van der Waals surface area contributed by atoms with Gasteiger partial charge in [-0.3, -0.25) is 9.00 Å². The molecular weight excluding hydrogens is 236 g/mol. The number of rotatable bonds is 6. The topological polar surface area (TPSA) is 86.2 Å². The first kappa shape index (κ1) is 13.9. The van der Waals surface area contributed by atoms with E-state index >= 15 is 0 Å². The molecule has 5 heteroatoms. The molecule has 0 aliphatic rings. The molecule has 4 nitrogen and oxygen atoms in total. The lowest BCUT2D eigenvalue weighted by molar-refractivity contribution is 0.1000. The molecule has 1 rings (SSSR count). The maximum atomic E-state index is 11.7. The van der Waals surface area contributed by atoms with Crippen molar-refractivity contribution >= 4 is 16.7 Å². The maximum absolute atomic E-state index is 11.7. The molecule has 1 aromatic rings. The number of amides is 1. The first-order chi connectivity index (χ1) is 8.04. The molecule has 0 aliphatic heterocycles. The summed E-state index contributed by atoms with van der Waals surface area (Å²) in [4.78, 5) is 11.0. The summed E-state index contributed by atoms with van der Waals surface area (Å²) in [6.07, 6.45) is 0.769. The van der Waals surface area contributed by atoms with Crippen LogP contribution in [0.4, 0.5) is 0 Å². The second kappa shape index (κ2) is 6.51. The van der Waals surface area contributed by atoms with E-state index in [0.717, 1.165) is 17.5 Å². The fourth-order valence-electron chi connectivity index (χ4n) is 1.50. The Morgan fingerprint density at radius 2 is 2.12 bits per heavy atom. The Hall–Kier alpha value is -1.20. The largest absolute Gasteiger partial charge is 0.366 e. The van der Waals surface area contributed by atoms with Crippen molar-refractivity contribution in [3.63, 3.8) is 0 Å². The van der Waals surface area contributed by atoms with Crippen molar-refractivity contribution in [2.75, 3.05) is 12.3 Å². The number of primary amides is 1. The average molecular weight is 254 g/mol. The second-order valence-corrected chi connectivity index (χ2v) is 5.51. The van der Waals surface area contributed by atoms with E-state index in [0.29, 0.717) is 23.6 Å². The van der Waals surface area contributed by atoms with Gasteiger partial charge in [0.1, 0.15) is 0 Å². The van der Waals surface area contributed by atoms with Gasteiger partial charge in [0, 0.05) is 27.9 Å². The third kappa shape index (κ3) is 4.28. The van der Waals surface area contributed by atoms with Crippen LogP contribution in [0.15, 0.2) is 18.2 Å². The average Bonchev–Trinajstić information content (AvgIpc) is 2.28. The minimum Gasteiger partial charge on any atom is -0.366 e. The lowest BCUT2D eigenvalue weighted by atomic mass is 10.1. The van der Waals surface area contributed by atoms with Crippen molar-refractivity contribution in [2.45, 2.75) is 19.1 Å². The Morgan fingerprint density at radius 3 is 2.65 bits per heavy atom. The van der Waals surface area contributed by atoms with Crippen LogP contribution in [-0.2, 0) is 16.6 Å². The molecule has 0 bridgehead atoms. The number of carbonyl (C=O) groups is 1. The van der Waals surface area contributed by atoms with Gasteiger partial charge in [0.15, 0.2) is 0 Å². The molecule has 94 valence electrons. The molecule has 4 N–H and O–H groups in total. The minimum atomic E-state index is -0.895. The third-order valence-corrected chi connectivity index (χ3v) is 3.90. The van der Waals surface area contributed by atoms with Crippen LogP contribution in [-0.4, -0.2) is 22.4 Å². The lowest BCUT2D eigenvalue weighted by Crippen LogP contribution is -2.12. The highest BCUT2D eigenvalue weighted by atomic mass is 32.2. The van der Waals surface area contributed by atoms with Gasteiger partial charge in [-0.25, -0.2) is 0 Å². The molecule has 0 spiro atoms. The summed E-state index contributed by atoms with van der Waals surface area (Å²) >= 11 is 0. The molecule has 0 fully saturated rings. The highest BCUT2D eigenvalue weighted by Gasteiger charge is 2.07. The van der Waals surface area contributed by atoms with Gasteiger partial charge in [-0.15, -0.1) is 0 Å². The molecule has 0 saturated heterocycles. The normalized spacial score (nSPS) is 12.4. The minimum absolute atomic E-state index is 0.441. The summed E-state index contributed by atoms with van der Waals surface area (Å²) in [5, 5.41) is 0. The SMILES string of the molecule is Cc1cc(C(N)=O)ccc1CS(=O)CCCN. The van der Waals surface area contributed by atoms with E-state index < -0.39 is 16.7 Å². The smallest absolute Gasteiger partial charge is 0.248 e. The monoisotopic (exact) mass is 254 g/mol. The van der Waals surface area contributed by atoms with E-state index in [-0.39, 0.29) is 0 Å². The van der Waals surface area contributed by atoms with Gasteiger partial charge < -0.3 is 11.5 Å². The number of aryl methyl sites for hydroxylation is 1. The maximum Gasteiger partial charge on any atom is 0.248 e. The Morgan fingerprint density at radius 1 is 1.41 bits per heavy atom. The number of benzene rings is 1. The molecule has 0 heterocycles. The van der Waals surface area contributed by atoms with E-state index in [1.54, 1.807) is 12.1 Å². The van der Waals surface area contributed by atoms with Crippen LogP contribution < -0.4 is 11.5 Å². The molecular formula is C12H18N2O2S. The molecule has 17 heavy (non-hydrogen) atoms. The van der Waals surface area contributed by atoms with E-state index in [9.17, 15) is 9.00 Å². The summed E-state index contributed by atoms with van der Waals surface area (Å²) in [6, 6.07) is 5.22. The molecule has 0 aromatic heterocycles. The molecule has 0 radical (unpaired) electrons. The van der Waals surface area contributed by atoms with Gasteiger partial charge in [-0.1, -0.05) is 6.07 Å². The Balaban J connectivity index is 2.72. The van der Waals surface area contributed by atoms with E-state index in [1.165, 1.54) is 0 Å². The summed E-state index contributed by atoms with van der Waals surface area (Å²) in [5.74, 6) is 0.683. The van der Waals surface area contributed by atoms with Crippen molar-refractivity contribution in [3.05, 3.63) is 34.9 Å². The Bertz CT molecular complexity index is 433. The quantitative estimate of drug-likeness (QED) is 0.783. The fourth-order valence-corrected chi connectivity index (χ4v) is 2.80. The predicted molar refractivity (Wildman–Crippen MR) is 70.1 cm³/mol. The van der Waals surface area contributed by atoms with Crippen molar-refractivity contribution in [3.8, 4) is 0 Å². The molecule has 0 saturated carbocycles. The summed E-state index contributed by atoms with van der Waals surface area (Å²) in [6.45, 7) is 2.45. The van der Waals surface area contributed by atoms with E-state index in [1.807, 2.05) is 13.0 Å². The molecule has 1 atom stereocenters. The molecule has 1 unspecified atom stereocenters. The first-order valence-corrected chi connectivity index (χ1v) is 6.97. The number of hydrogen-bond acceptors (Lipinski definition) is 3. The third-order valence-electron chi connectivity index (χ3n) is 2.52.